The summed E-state index contributed by atoms with van der Waals surface area (Å²) < 4.78 is 24.3. The molecular formula is C12H20F2O2. The fourth-order valence-electron chi connectivity index (χ4n) is 1.49. The maximum absolute atomic E-state index is 12.1. The summed E-state index contributed by atoms with van der Waals surface area (Å²) in [4.78, 5) is 10.4. The molecule has 1 N–H and O–H groups in total. The Hall–Kier alpha value is -0.930. The van der Waals surface area contributed by atoms with Crippen molar-refractivity contribution in [3.05, 3.63) is 11.7 Å². The minimum atomic E-state index is -2.06. The molecule has 0 heterocycles. The van der Waals surface area contributed by atoms with Crippen LogP contribution in [-0.4, -0.2) is 11.1 Å². The highest BCUT2D eigenvalue weighted by atomic mass is 19.3. The summed E-state index contributed by atoms with van der Waals surface area (Å²) in [5, 5.41) is 8.48. The Morgan fingerprint density at radius 1 is 1.12 bits per heavy atom. The molecule has 16 heavy (non-hydrogen) atoms. The van der Waals surface area contributed by atoms with Crippen LogP contribution in [0.1, 0.15) is 52.4 Å². The molecule has 0 spiro atoms. The smallest absolute Gasteiger partial charge is 0.337 e. The Bertz CT molecular complexity index is 243. The van der Waals surface area contributed by atoms with E-state index >= 15 is 0 Å². The predicted octanol–water partition coefficient (Wildman–Crippen LogP) is 4.22. The molecule has 0 aromatic carbocycles. The molecule has 0 unspecified atom stereocenters. The summed E-state index contributed by atoms with van der Waals surface area (Å²) in [5.41, 5.74) is -0.733. The molecule has 0 bridgehead atoms. The zero-order valence-electron chi connectivity index (χ0n) is 9.93. The van der Waals surface area contributed by atoms with Crippen molar-refractivity contribution >= 4 is 5.97 Å². The van der Waals surface area contributed by atoms with E-state index in [-0.39, 0.29) is 6.42 Å². The Labute approximate surface area is 95.4 Å². The maximum Gasteiger partial charge on any atom is 0.337 e. The lowest BCUT2D eigenvalue weighted by Gasteiger charge is -2.04. The van der Waals surface area contributed by atoms with Crippen molar-refractivity contribution in [1.82, 2.24) is 0 Å². The lowest BCUT2D eigenvalue weighted by molar-refractivity contribution is -0.133. The second-order valence-corrected chi connectivity index (χ2v) is 4.39. The molecule has 0 rings (SSSR count). The fraction of sp³-hybridized carbons (Fsp3) is 0.750. The van der Waals surface area contributed by atoms with E-state index in [1.807, 2.05) is 0 Å². The van der Waals surface area contributed by atoms with Gasteiger partial charge < -0.3 is 5.11 Å². The SMILES string of the molecule is CC(C)CCCCCCC(C(=O)O)=C(F)F. The van der Waals surface area contributed by atoms with Gasteiger partial charge in [-0.15, -0.1) is 0 Å². The first-order valence-electron chi connectivity index (χ1n) is 5.72. The number of hydrogen-bond donors (Lipinski definition) is 1. The van der Waals surface area contributed by atoms with E-state index in [1.54, 1.807) is 0 Å². The lowest BCUT2D eigenvalue weighted by atomic mass is 10.0. The fourth-order valence-corrected chi connectivity index (χ4v) is 1.49. The third-order valence-corrected chi connectivity index (χ3v) is 2.44. The van der Waals surface area contributed by atoms with Gasteiger partial charge in [-0.3, -0.25) is 0 Å². The Morgan fingerprint density at radius 2 is 1.69 bits per heavy atom. The standard InChI is InChI=1S/C12H20F2O2/c1-9(2)7-5-3-4-6-8-10(11(13)14)12(15)16/h9H,3-8H2,1-2H3,(H,15,16). The van der Waals surface area contributed by atoms with Gasteiger partial charge in [-0.1, -0.05) is 39.5 Å². The topological polar surface area (TPSA) is 37.3 Å². The minimum absolute atomic E-state index is 0.0284. The van der Waals surface area contributed by atoms with Gasteiger partial charge >= 0.3 is 5.97 Å². The normalized spacial score (nSPS) is 10.6. The highest BCUT2D eigenvalue weighted by molar-refractivity contribution is 5.86. The zero-order chi connectivity index (χ0) is 12.6. The van der Waals surface area contributed by atoms with E-state index in [9.17, 15) is 13.6 Å². The van der Waals surface area contributed by atoms with Crippen LogP contribution in [0.25, 0.3) is 0 Å². The third kappa shape index (κ3) is 7.37. The van der Waals surface area contributed by atoms with Crippen LogP contribution in [0.3, 0.4) is 0 Å². The molecule has 0 fully saturated rings. The molecule has 0 radical (unpaired) electrons. The average molecular weight is 234 g/mol. The van der Waals surface area contributed by atoms with E-state index in [1.165, 1.54) is 0 Å². The van der Waals surface area contributed by atoms with Gasteiger partial charge in [-0.25, -0.2) is 4.79 Å². The molecule has 0 aliphatic carbocycles. The van der Waals surface area contributed by atoms with Crippen molar-refractivity contribution in [2.45, 2.75) is 52.4 Å². The molecule has 0 atom stereocenters. The average Bonchev–Trinajstić information content (AvgIpc) is 2.14. The van der Waals surface area contributed by atoms with Crippen LogP contribution in [0.15, 0.2) is 11.7 Å². The van der Waals surface area contributed by atoms with Crippen LogP contribution in [0.2, 0.25) is 0 Å². The van der Waals surface area contributed by atoms with Crippen molar-refractivity contribution in [2.24, 2.45) is 5.92 Å². The molecule has 0 saturated heterocycles. The molecule has 0 saturated carbocycles. The van der Waals surface area contributed by atoms with E-state index in [0.717, 1.165) is 25.7 Å². The van der Waals surface area contributed by atoms with Crippen LogP contribution >= 0.6 is 0 Å². The van der Waals surface area contributed by atoms with Crippen molar-refractivity contribution in [1.29, 1.82) is 0 Å². The summed E-state index contributed by atoms with van der Waals surface area (Å²) in [7, 11) is 0. The Balaban J connectivity index is 3.65. The number of carbonyl (C=O) groups is 1. The molecule has 94 valence electrons. The number of rotatable bonds is 8. The number of hydrogen-bond acceptors (Lipinski definition) is 1. The first kappa shape index (κ1) is 15.1. The quantitative estimate of drug-likeness (QED) is 0.504. The molecule has 0 aromatic rings. The van der Waals surface area contributed by atoms with Gasteiger partial charge in [0.05, 0.1) is 0 Å². The minimum Gasteiger partial charge on any atom is -0.478 e. The number of carboxylic acid groups (broad SMARTS) is 1. The Morgan fingerprint density at radius 3 is 2.12 bits per heavy atom. The van der Waals surface area contributed by atoms with Crippen LogP contribution in [0.4, 0.5) is 8.78 Å². The predicted molar refractivity (Wildman–Crippen MR) is 59.4 cm³/mol. The third-order valence-electron chi connectivity index (χ3n) is 2.44. The highest BCUT2D eigenvalue weighted by Gasteiger charge is 2.13. The van der Waals surface area contributed by atoms with Crippen molar-refractivity contribution in [2.75, 3.05) is 0 Å². The number of unbranched alkanes of at least 4 members (excludes halogenated alkanes) is 3. The Kier molecular flexibility index (Phi) is 7.77. The molecule has 0 aromatic heterocycles. The van der Waals surface area contributed by atoms with E-state index in [2.05, 4.69) is 13.8 Å². The van der Waals surface area contributed by atoms with Gasteiger partial charge in [0.1, 0.15) is 5.57 Å². The number of aliphatic carboxylic acids is 1. The second-order valence-electron chi connectivity index (χ2n) is 4.39. The summed E-state index contributed by atoms with van der Waals surface area (Å²) in [6, 6.07) is 0. The van der Waals surface area contributed by atoms with Crippen LogP contribution in [0, 0.1) is 5.92 Å². The molecule has 0 amide bonds. The van der Waals surface area contributed by atoms with Gasteiger partial charge in [0.2, 0.25) is 0 Å². The van der Waals surface area contributed by atoms with Crippen LogP contribution in [-0.2, 0) is 4.79 Å². The van der Waals surface area contributed by atoms with Gasteiger partial charge in [0.15, 0.2) is 0 Å². The number of carboxylic acids is 1. The van der Waals surface area contributed by atoms with E-state index in [0.29, 0.717) is 12.3 Å². The van der Waals surface area contributed by atoms with Crippen molar-refractivity contribution in [3.8, 4) is 0 Å². The van der Waals surface area contributed by atoms with Gasteiger partial charge in [0, 0.05) is 0 Å². The van der Waals surface area contributed by atoms with E-state index in [4.69, 9.17) is 5.11 Å². The van der Waals surface area contributed by atoms with Gasteiger partial charge in [-0.2, -0.15) is 8.78 Å². The largest absolute Gasteiger partial charge is 0.478 e. The summed E-state index contributed by atoms with van der Waals surface area (Å²) in [6.07, 6.45) is 2.46. The van der Waals surface area contributed by atoms with Gasteiger partial charge in [-0.05, 0) is 18.8 Å². The maximum atomic E-state index is 12.1. The summed E-state index contributed by atoms with van der Waals surface area (Å²) in [5.74, 6) is -0.833. The molecule has 0 aliphatic rings. The highest BCUT2D eigenvalue weighted by Crippen LogP contribution is 2.17. The van der Waals surface area contributed by atoms with Crippen LogP contribution in [0.5, 0.6) is 0 Å². The van der Waals surface area contributed by atoms with Gasteiger partial charge in [0.25, 0.3) is 6.08 Å². The summed E-state index contributed by atoms with van der Waals surface area (Å²) >= 11 is 0. The zero-order valence-corrected chi connectivity index (χ0v) is 9.93. The first-order valence-corrected chi connectivity index (χ1v) is 5.72. The first-order chi connectivity index (χ1) is 7.45. The lowest BCUT2D eigenvalue weighted by Crippen LogP contribution is -2.01. The molecule has 2 nitrogen and oxygen atoms in total. The second kappa shape index (κ2) is 8.25. The molecular weight excluding hydrogens is 214 g/mol. The summed E-state index contributed by atoms with van der Waals surface area (Å²) in [6.45, 7) is 4.29. The monoisotopic (exact) mass is 234 g/mol. The van der Waals surface area contributed by atoms with Crippen LogP contribution < -0.4 is 0 Å². The van der Waals surface area contributed by atoms with E-state index < -0.39 is 17.6 Å². The number of halogens is 2. The van der Waals surface area contributed by atoms with Crippen molar-refractivity contribution in [3.63, 3.8) is 0 Å². The van der Waals surface area contributed by atoms with Crippen molar-refractivity contribution < 1.29 is 18.7 Å². The molecule has 4 heteroatoms. The molecule has 0 aliphatic heterocycles.